The smallest absolute Gasteiger partial charge is 0.220 e. The van der Waals surface area contributed by atoms with Gasteiger partial charge in [0.15, 0.2) is 0 Å². The van der Waals surface area contributed by atoms with Crippen molar-refractivity contribution in [1.82, 2.24) is 10.6 Å². The maximum atomic E-state index is 11.9. The van der Waals surface area contributed by atoms with Gasteiger partial charge in [0, 0.05) is 13.0 Å². The summed E-state index contributed by atoms with van der Waals surface area (Å²) in [7, 11) is 0. The van der Waals surface area contributed by atoms with Gasteiger partial charge in [0.2, 0.25) is 5.91 Å². The topological polar surface area (TPSA) is 41.1 Å². The third-order valence-electron chi connectivity index (χ3n) is 3.93. The number of hydrogen-bond donors (Lipinski definition) is 2. The lowest BCUT2D eigenvalue weighted by molar-refractivity contribution is -0.122. The lowest BCUT2D eigenvalue weighted by Crippen LogP contribution is -2.43. The molecule has 0 radical (unpaired) electrons. The standard InChI is InChI=1S/C15H30N2O.ClH/c1-12(2)9-13(3)10-14(18)17-11-15(4)5-7-16-8-6-15;/h12-13,16H,5-11H2,1-4H3,(H,17,18);1H. The van der Waals surface area contributed by atoms with Crippen molar-refractivity contribution < 1.29 is 4.79 Å². The van der Waals surface area contributed by atoms with E-state index in [9.17, 15) is 4.79 Å². The van der Waals surface area contributed by atoms with Crippen LogP contribution in [0, 0.1) is 17.3 Å². The molecule has 1 saturated heterocycles. The highest BCUT2D eigenvalue weighted by Crippen LogP contribution is 2.26. The van der Waals surface area contributed by atoms with Gasteiger partial charge in [-0.05, 0) is 49.6 Å². The van der Waals surface area contributed by atoms with Crippen LogP contribution in [0.4, 0.5) is 0 Å². The Hall–Kier alpha value is -0.280. The lowest BCUT2D eigenvalue weighted by atomic mass is 9.81. The minimum atomic E-state index is 0. The summed E-state index contributed by atoms with van der Waals surface area (Å²) in [5.41, 5.74) is 0.294. The van der Waals surface area contributed by atoms with Crippen LogP contribution in [0.2, 0.25) is 0 Å². The second-order valence-electron chi connectivity index (χ2n) is 6.78. The van der Waals surface area contributed by atoms with E-state index in [-0.39, 0.29) is 18.3 Å². The summed E-state index contributed by atoms with van der Waals surface area (Å²) in [5.74, 6) is 1.39. The zero-order valence-electron chi connectivity index (χ0n) is 12.9. The number of rotatable bonds is 6. The molecule has 3 nitrogen and oxygen atoms in total. The molecule has 1 amide bonds. The number of amides is 1. The molecule has 0 bridgehead atoms. The van der Waals surface area contributed by atoms with Gasteiger partial charge in [-0.15, -0.1) is 12.4 Å². The molecule has 114 valence electrons. The van der Waals surface area contributed by atoms with Crippen LogP contribution in [0.3, 0.4) is 0 Å². The van der Waals surface area contributed by atoms with Crippen LogP contribution >= 0.6 is 12.4 Å². The predicted molar refractivity (Wildman–Crippen MR) is 83.7 cm³/mol. The van der Waals surface area contributed by atoms with Crippen LogP contribution in [0.5, 0.6) is 0 Å². The molecule has 2 N–H and O–H groups in total. The molecular formula is C15H31ClN2O. The molecule has 0 spiro atoms. The Labute approximate surface area is 124 Å². The van der Waals surface area contributed by atoms with Crippen molar-refractivity contribution in [2.24, 2.45) is 17.3 Å². The molecule has 1 fully saturated rings. The summed E-state index contributed by atoms with van der Waals surface area (Å²) < 4.78 is 0. The zero-order chi connectivity index (χ0) is 13.6. The highest BCUT2D eigenvalue weighted by molar-refractivity contribution is 5.85. The van der Waals surface area contributed by atoms with E-state index in [1.807, 2.05) is 0 Å². The largest absolute Gasteiger partial charge is 0.356 e. The highest BCUT2D eigenvalue weighted by atomic mass is 35.5. The van der Waals surface area contributed by atoms with E-state index in [0.29, 0.717) is 23.7 Å². The molecule has 1 aliphatic rings. The minimum absolute atomic E-state index is 0. The number of hydrogen-bond acceptors (Lipinski definition) is 2. The summed E-state index contributed by atoms with van der Waals surface area (Å²) in [4.78, 5) is 11.9. The lowest BCUT2D eigenvalue weighted by Gasteiger charge is -2.34. The molecule has 1 aliphatic heterocycles. The Balaban J connectivity index is 0.00000324. The van der Waals surface area contributed by atoms with Gasteiger partial charge in [-0.3, -0.25) is 4.79 Å². The third kappa shape index (κ3) is 7.78. The number of halogens is 1. The average Bonchev–Trinajstić information content (AvgIpc) is 2.26. The fourth-order valence-electron chi connectivity index (χ4n) is 2.80. The van der Waals surface area contributed by atoms with Gasteiger partial charge in [0.1, 0.15) is 0 Å². The van der Waals surface area contributed by atoms with Crippen molar-refractivity contribution in [3.05, 3.63) is 0 Å². The maximum Gasteiger partial charge on any atom is 0.220 e. The third-order valence-corrected chi connectivity index (χ3v) is 3.93. The van der Waals surface area contributed by atoms with Crippen molar-refractivity contribution in [3.63, 3.8) is 0 Å². The molecule has 1 rings (SSSR count). The number of piperidine rings is 1. The molecule has 1 atom stereocenters. The van der Waals surface area contributed by atoms with E-state index < -0.39 is 0 Å². The molecule has 1 heterocycles. The average molecular weight is 291 g/mol. The first-order chi connectivity index (χ1) is 8.41. The first-order valence-electron chi connectivity index (χ1n) is 7.39. The van der Waals surface area contributed by atoms with Crippen molar-refractivity contribution in [2.45, 2.75) is 53.4 Å². The second-order valence-corrected chi connectivity index (χ2v) is 6.78. The summed E-state index contributed by atoms with van der Waals surface area (Å²) in [6.45, 7) is 11.9. The van der Waals surface area contributed by atoms with Crippen LogP contribution in [0.15, 0.2) is 0 Å². The number of carbonyl (C=O) groups is 1. The van der Waals surface area contributed by atoms with Gasteiger partial charge in [0.25, 0.3) is 0 Å². The maximum absolute atomic E-state index is 11.9. The van der Waals surface area contributed by atoms with Crippen LogP contribution in [-0.2, 0) is 4.79 Å². The van der Waals surface area contributed by atoms with Crippen molar-refractivity contribution in [2.75, 3.05) is 19.6 Å². The van der Waals surface area contributed by atoms with Gasteiger partial charge >= 0.3 is 0 Å². The minimum Gasteiger partial charge on any atom is -0.356 e. The van der Waals surface area contributed by atoms with Crippen LogP contribution < -0.4 is 10.6 Å². The summed E-state index contributed by atoms with van der Waals surface area (Å²) in [6.07, 6.45) is 4.13. The first kappa shape index (κ1) is 18.7. The molecule has 19 heavy (non-hydrogen) atoms. The summed E-state index contributed by atoms with van der Waals surface area (Å²) >= 11 is 0. The van der Waals surface area contributed by atoms with Crippen molar-refractivity contribution in [1.29, 1.82) is 0 Å². The quantitative estimate of drug-likeness (QED) is 0.790. The first-order valence-corrected chi connectivity index (χ1v) is 7.39. The van der Waals surface area contributed by atoms with Gasteiger partial charge in [-0.25, -0.2) is 0 Å². The van der Waals surface area contributed by atoms with Crippen LogP contribution in [-0.4, -0.2) is 25.5 Å². The van der Waals surface area contributed by atoms with E-state index in [4.69, 9.17) is 0 Å². The Morgan fingerprint density at radius 1 is 1.26 bits per heavy atom. The SMILES string of the molecule is CC(C)CC(C)CC(=O)NCC1(C)CCNCC1.Cl. The summed E-state index contributed by atoms with van der Waals surface area (Å²) in [5, 5.41) is 6.50. The number of nitrogens with one attached hydrogen (secondary N) is 2. The van der Waals surface area contributed by atoms with E-state index in [1.54, 1.807) is 0 Å². The van der Waals surface area contributed by atoms with Crippen molar-refractivity contribution in [3.8, 4) is 0 Å². The van der Waals surface area contributed by atoms with Crippen molar-refractivity contribution >= 4 is 18.3 Å². The monoisotopic (exact) mass is 290 g/mol. The Morgan fingerprint density at radius 3 is 2.37 bits per heavy atom. The van der Waals surface area contributed by atoms with E-state index in [0.717, 1.165) is 38.9 Å². The van der Waals surface area contributed by atoms with Gasteiger partial charge in [0.05, 0.1) is 0 Å². The molecule has 1 unspecified atom stereocenters. The van der Waals surface area contributed by atoms with E-state index in [2.05, 4.69) is 38.3 Å². The van der Waals surface area contributed by atoms with Gasteiger partial charge in [-0.2, -0.15) is 0 Å². The summed E-state index contributed by atoms with van der Waals surface area (Å²) in [6, 6.07) is 0. The highest BCUT2D eigenvalue weighted by Gasteiger charge is 2.27. The van der Waals surface area contributed by atoms with Gasteiger partial charge in [-0.1, -0.05) is 27.7 Å². The zero-order valence-corrected chi connectivity index (χ0v) is 13.7. The molecular weight excluding hydrogens is 260 g/mol. The molecule has 0 aromatic rings. The van der Waals surface area contributed by atoms with Crippen LogP contribution in [0.25, 0.3) is 0 Å². The molecule has 0 aromatic carbocycles. The van der Waals surface area contributed by atoms with Gasteiger partial charge < -0.3 is 10.6 Å². The molecule has 0 aromatic heterocycles. The Morgan fingerprint density at radius 2 is 1.84 bits per heavy atom. The van der Waals surface area contributed by atoms with E-state index in [1.165, 1.54) is 0 Å². The fourth-order valence-corrected chi connectivity index (χ4v) is 2.80. The fraction of sp³-hybridized carbons (Fsp3) is 0.933. The molecule has 0 saturated carbocycles. The normalized spacial score (nSPS) is 19.6. The van der Waals surface area contributed by atoms with E-state index >= 15 is 0 Å². The second kappa shape index (κ2) is 8.80. The number of carbonyl (C=O) groups excluding carboxylic acids is 1. The Kier molecular flexibility index (Phi) is 8.67. The molecule has 0 aliphatic carbocycles. The molecule has 4 heteroatoms. The van der Waals surface area contributed by atoms with Crippen LogP contribution in [0.1, 0.15) is 53.4 Å². The Bertz CT molecular complexity index is 263. The predicted octanol–water partition coefficient (Wildman–Crippen LogP) is 2.99.